The van der Waals surface area contributed by atoms with Crippen LogP contribution in [0.3, 0.4) is 0 Å². The third-order valence-electron chi connectivity index (χ3n) is 6.02. The zero-order valence-corrected chi connectivity index (χ0v) is 18.2. The summed E-state index contributed by atoms with van der Waals surface area (Å²) in [6.07, 6.45) is 4.82. The molecule has 3 aromatic rings. The molecule has 0 spiro atoms. The Kier molecular flexibility index (Phi) is 6.21. The van der Waals surface area contributed by atoms with Crippen LogP contribution in [0.25, 0.3) is 11.1 Å². The molecule has 1 atom stereocenters. The van der Waals surface area contributed by atoms with E-state index in [1.165, 1.54) is 0 Å². The summed E-state index contributed by atoms with van der Waals surface area (Å²) in [5.41, 5.74) is 3.71. The van der Waals surface area contributed by atoms with E-state index in [-0.39, 0.29) is 24.4 Å². The lowest BCUT2D eigenvalue weighted by molar-refractivity contribution is -0.121. The molecule has 1 saturated heterocycles. The second-order valence-corrected chi connectivity index (χ2v) is 8.15. The fourth-order valence-electron chi connectivity index (χ4n) is 4.26. The van der Waals surface area contributed by atoms with E-state index < -0.39 is 0 Å². The predicted molar refractivity (Wildman–Crippen MR) is 124 cm³/mol. The summed E-state index contributed by atoms with van der Waals surface area (Å²) in [6.45, 7) is 2.78. The van der Waals surface area contributed by atoms with Gasteiger partial charge in [0.15, 0.2) is 0 Å². The molecule has 0 N–H and O–H groups in total. The van der Waals surface area contributed by atoms with Gasteiger partial charge in [-0.1, -0.05) is 62.2 Å². The van der Waals surface area contributed by atoms with Crippen LogP contribution in [0.1, 0.15) is 36.7 Å². The van der Waals surface area contributed by atoms with Gasteiger partial charge >= 0.3 is 0 Å². The first-order valence-corrected chi connectivity index (χ1v) is 11.0. The van der Waals surface area contributed by atoms with Gasteiger partial charge in [-0.2, -0.15) is 0 Å². The minimum absolute atomic E-state index is 0.000399. The average Bonchev–Trinajstić information content (AvgIpc) is 3.24. The highest BCUT2D eigenvalue weighted by molar-refractivity contribution is 6.01. The molecule has 0 bridgehead atoms. The van der Waals surface area contributed by atoms with Gasteiger partial charge in [-0.15, -0.1) is 0 Å². The molecule has 2 aromatic carbocycles. The van der Waals surface area contributed by atoms with Crippen molar-refractivity contribution in [3.05, 3.63) is 78.6 Å². The van der Waals surface area contributed by atoms with Crippen LogP contribution in [-0.4, -0.2) is 40.4 Å². The number of hydrogen-bond acceptors (Lipinski definition) is 2. The van der Waals surface area contributed by atoms with Gasteiger partial charge in [-0.3, -0.25) is 9.59 Å². The maximum atomic E-state index is 13.2. The smallest absolute Gasteiger partial charge is 0.271 e. The fraction of sp³-hybridized carbons (Fsp3) is 0.308. The zero-order valence-electron chi connectivity index (χ0n) is 18.2. The molecule has 0 saturated carbocycles. The monoisotopic (exact) mass is 415 g/mol. The molecule has 160 valence electrons. The van der Waals surface area contributed by atoms with Crippen molar-refractivity contribution in [1.82, 2.24) is 9.47 Å². The molecule has 5 heteroatoms. The first kappa shape index (κ1) is 20.9. The number of rotatable bonds is 6. The zero-order chi connectivity index (χ0) is 21.8. The molecule has 31 heavy (non-hydrogen) atoms. The topological polar surface area (TPSA) is 45.6 Å². The molecule has 1 fully saturated rings. The Hall–Kier alpha value is -3.34. The summed E-state index contributed by atoms with van der Waals surface area (Å²) in [5.74, 6) is -0.111. The molecule has 5 nitrogen and oxygen atoms in total. The minimum Gasteiger partial charge on any atom is -0.347 e. The number of aromatic nitrogens is 1. The van der Waals surface area contributed by atoms with Gasteiger partial charge in [0, 0.05) is 25.5 Å². The van der Waals surface area contributed by atoms with Crippen LogP contribution in [-0.2, 0) is 11.8 Å². The standard InChI is InChI=1S/C26H29N3O2/c1-3-4-13-23-18-28(22-14-8-12-21(17-22)20-10-6-5-7-11-20)25(30)19-29(23)26(31)24-15-9-16-27(24)2/h5-12,14-17,23H,3-4,13,18-19H2,1-2H3/t23-/m0/s1. The number of nitrogens with zero attached hydrogens (tertiary/aromatic N) is 3. The van der Waals surface area contributed by atoms with E-state index in [1.54, 1.807) is 4.90 Å². The second-order valence-electron chi connectivity index (χ2n) is 8.15. The third-order valence-corrected chi connectivity index (χ3v) is 6.02. The van der Waals surface area contributed by atoms with Crippen molar-refractivity contribution in [2.45, 2.75) is 32.2 Å². The van der Waals surface area contributed by atoms with Gasteiger partial charge in [-0.25, -0.2) is 0 Å². The maximum absolute atomic E-state index is 13.2. The van der Waals surface area contributed by atoms with Crippen LogP contribution in [0.4, 0.5) is 5.69 Å². The average molecular weight is 416 g/mol. The highest BCUT2D eigenvalue weighted by Crippen LogP contribution is 2.28. The SMILES string of the molecule is CCCC[C@H]1CN(c2cccc(-c3ccccc3)c2)C(=O)CN1C(=O)c1cccn1C. The Labute approximate surface area is 183 Å². The predicted octanol–water partition coefficient (Wildman–Crippen LogP) is 4.74. The van der Waals surface area contributed by atoms with E-state index in [0.29, 0.717) is 12.2 Å². The van der Waals surface area contributed by atoms with Crippen LogP contribution >= 0.6 is 0 Å². The molecule has 4 rings (SSSR count). The van der Waals surface area contributed by atoms with Crippen LogP contribution in [0, 0.1) is 0 Å². The molecule has 2 amide bonds. The van der Waals surface area contributed by atoms with Gasteiger partial charge in [0.2, 0.25) is 5.91 Å². The van der Waals surface area contributed by atoms with Crippen molar-refractivity contribution in [3.8, 4) is 11.1 Å². The first-order valence-electron chi connectivity index (χ1n) is 11.0. The summed E-state index contributed by atoms with van der Waals surface area (Å²) in [6, 6.07) is 22.0. The number of unbranched alkanes of at least 4 members (excludes halogenated alkanes) is 1. The summed E-state index contributed by atoms with van der Waals surface area (Å²) >= 11 is 0. The van der Waals surface area contributed by atoms with Gasteiger partial charge < -0.3 is 14.4 Å². The fourth-order valence-corrected chi connectivity index (χ4v) is 4.26. The molecule has 0 radical (unpaired) electrons. The van der Waals surface area contributed by atoms with Crippen molar-refractivity contribution in [1.29, 1.82) is 0 Å². The van der Waals surface area contributed by atoms with Crippen LogP contribution in [0.5, 0.6) is 0 Å². The highest BCUT2D eigenvalue weighted by Gasteiger charge is 2.36. The van der Waals surface area contributed by atoms with Gasteiger partial charge in [0.1, 0.15) is 12.2 Å². The van der Waals surface area contributed by atoms with Crippen LogP contribution in [0.2, 0.25) is 0 Å². The molecular formula is C26H29N3O2. The summed E-state index contributed by atoms with van der Waals surface area (Å²) < 4.78 is 1.82. The van der Waals surface area contributed by atoms with E-state index in [4.69, 9.17) is 0 Å². The number of aryl methyl sites for hydroxylation is 1. The number of benzene rings is 2. The Morgan fingerprint density at radius 1 is 1.00 bits per heavy atom. The highest BCUT2D eigenvalue weighted by atomic mass is 16.2. The number of anilines is 1. The summed E-state index contributed by atoms with van der Waals surface area (Å²) in [4.78, 5) is 30.0. The Morgan fingerprint density at radius 2 is 1.77 bits per heavy atom. The normalized spacial score (nSPS) is 16.6. The first-order chi connectivity index (χ1) is 15.1. The summed E-state index contributed by atoms with van der Waals surface area (Å²) in [7, 11) is 1.86. The lowest BCUT2D eigenvalue weighted by atomic mass is 10.0. The Bertz CT molecular complexity index is 1060. The lowest BCUT2D eigenvalue weighted by Crippen LogP contribution is -2.58. The molecule has 0 aliphatic carbocycles. The van der Waals surface area contributed by atoms with E-state index in [1.807, 2.05) is 65.2 Å². The number of carbonyl (C=O) groups is 2. The van der Waals surface area contributed by atoms with Crippen molar-refractivity contribution >= 4 is 17.5 Å². The third kappa shape index (κ3) is 4.41. The molecule has 1 aliphatic rings. The van der Waals surface area contributed by atoms with Crippen LogP contribution < -0.4 is 4.90 Å². The van der Waals surface area contributed by atoms with Gasteiger partial charge in [0.05, 0.1) is 6.04 Å². The second kappa shape index (κ2) is 9.21. The molecule has 0 unspecified atom stereocenters. The van der Waals surface area contributed by atoms with E-state index in [2.05, 4.69) is 31.2 Å². The number of amides is 2. The van der Waals surface area contributed by atoms with Crippen molar-refractivity contribution in [2.75, 3.05) is 18.0 Å². The quantitative estimate of drug-likeness (QED) is 0.584. The van der Waals surface area contributed by atoms with Crippen molar-refractivity contribution in [3.63, 3.8) is 0 Å². The minimum atomic E-state index is -0.0698. The molecular weight excluding hydrogens is 386 g/mol. The van der Waals surface area contributed by atoms with E-state index >= 15 is 0 Å². The van der Waals surface area contributed by atoms with Crippen molar-refractivity contribution in [2.24, 2.45) is 7.05 Å². The molecule has 1 aromatic heterocycles. The van der Waals surface area contributed by atoms with E-state index in [9.17, 15) is 9.59 Å². The van der Waals surface area contributed by atoms with Gasteiger partial charge in [-0.05, 0) is 41.8 Å². The van der Waals surface area contributed by atoms with Gasteiger partial charge in [0.25, 0.3) is 5.91 Å². The lowest BCUT2D eigenvalue weighted by Gasteiger charge is -2.41. The molecule has 1 aliphatic heterocycles. The molecule has 2 heterocycles. The maximum Gasteiger partial charge on any atom is 0.271 e. The largest absolute Gasteiger partial charge is 0.347 e. The van der Waals surface area contributed by atoms with Crippen LogP contribution in [0.15, 0.2) is 72.9 Å². The van der Waals surface area contributed by atoms with Crippen molar-refractivity contribution < 1.29 is 9.59 Å². The Balaban J connectivity index is 1.61. The summed E-state index contributed by atoms with van der Waals surface area (Å²) in [5, 5.41) is 0. The number of carbonyl (C=O) groups excluding carboxylic acids is 2. The number of piperazine rings is 1. The van der Waals surface area contributed by atoms with E-state index in [0.717, 1.165) is 36.1 Å². The Morgan fingerprint density at radius 3 is 2.48 bits per heavy atom. The number of hydrogen-bond donors (Lipinski definition) is 0.